The van der Waals surface area contributed by atoms with Gasteiger partial charge >= 0.3 is 0 Å². The van der Waals surface area contributed by atoms with Crippen molar-refractivity contribution in [2.75, 3.05) is 31.2 Å². The molecule has 11 heteroatoms. The van der Waals surface area contributed by atoms with E-state index in [4.69, 9.17) is 14.3 Å². The van der Waals surface area contributed by atoms with E-state index < -0.39 is 8.32 Å². The van der Waals surface area contributed by atoms with E-state index in [1.165, 1.54) is 5.56 Å². The van der Waals surface area contributed by atoms with Crippen LogP contribution in [0.2, 0.25) is 18.1 Å². The van der Waals surface area contributed by atoms with Crippen LogP contribution < -0.4 is 10.5 Å². The summed E-state index contributed by atoms with van der Waals surface area (Å²) < 4.78 is 16.5. The van der Waals surface area contributed by atoms with Gasteiger partial charge in [0.15, 0.2) is 8.32 Å². The Hall–Kier alpha value is -3.12. The van der Waals surface area contributed by atoms with Crippen molar-refractivity contribution in [2.24, 2.45) is 0 Å². The van der Waals surface area contributed by atoms with Crippen molar-refractivity contribution in [3.63, 3.8) is 0 Å². The largest absolute Gasteiger partial charge is 0.415 e. The molecule has 4 aromatic rings. The minimum Gasteiger partial charge on any atom is -0.415 e. The molecular formula is C37H55N7O3Si. The first-order valence-electron chi connectivity index (χ1n) is 18.0. The highest BCUT2D eigenvalue weighted by Crippen LogP contribution is 2.38. The van der Waals surface area contributed by atoms with E-state index in [1.54, 1.807) is 12.4 Å². The maximum Gasteiger partial charge on any atom is 0.253 e. The molecule has 6 rings (SSSR count). The highest BCUT2D eigenvalue weighted by Gasteiger charge is 2.38. The summed E-state index contributed by atoms with van der Waals surface area (Å²) in [6.07, 6.45) is 10.5. The third-order valence-corrected chi connectivity index (χ3v) is 15.8. The molecule has 0 bridgehead atoms. The molecule has 2 fully saturated rings. The molecule has 3 aromatic heterocycles. The van der Waals surface area contributed by atoms with Gasteiger partial charge in [-0.15, -0.1) is 0 Å². The fourth-order valence-electron chi connectivity index (χ4n) is 7.17. The monoisotopic (exact) mass is 673 g/mol. The van der Waals surface area contributed by atoms with Crippen molar-refractivity contribution in [3.8, 4) is 0 Å². The molecule has 0 saturated carbocycles. The van der Waals surface area contributed by atoms with Gasteiger partial charge in [-0.1, -0.05) is 40.7 Å². The number of benzene rings is 1. The van der Waals surface area contributed by atoms with Gasteiger partial charge in [0, 0.05) is 62.8 Å². The Bertz CT molecular complexity index is 1770. The van der Waals surface area contributed by atoms with E-state index >= 15 is 0 Å². The molecule has 4 atom stereocenters. The fourth-order valence-corrected chi connectivity index (χ4v) is 8.20. The van der Waals surface area contributed by atoms with Crippen LogP contribution in [0.5, 0.6) is 0 Å². The predicted octanol–water partition coefficient (Wildman–Crippen LogP) is 7.30. The number of hydrogen-bond donors (Lipinski definition) is 0. The minimum atomic E-state index is -1.96. The Morgan fingerprint density at radius 2 is 1.77 bits per heavy atom. The maximum absolute atomic E-state index is 14.0. The summed E-state index contributed by atoms with van der Waals surface area (Å²) in [4.78, 5) is 28.2. The van der Waals surface area contributed by atoms with Gasteiger partial charge in [0.1, 0.15) is 11.7 Å². The average Bonchev–Trinajstić information content (AvgIpc) is 3.53. The lowest BCUT2D eigenvalue weighted by Gasteiger charge is -2.49. The fraction of sp³-hybridized carbons (Fsp3) is 0.622. The second-order valence-electron chi connectivity index (χ2n) is 15.2. The lowest BCUT2D eigenvalue weighted by atomic mass is 9.96. The lowest BCUT2D eigenvalue weighted by molar-refractivity contribution is -0.0390. The topological polar surface area (TPSA) is 90.5 Å². The van der Waals surface area contributed by atoms with Crippen molar-refractivity contribution < 1.29 is 9.16 Å². The summed E-state index contributed by atoms with van der Waals surface area (Å²) in [5.74, 6) is 0. The molecule has 2 saturated heterocycles. The molecule has 0 spiro atoms. The molecule has 0 amide bonds. The average molecular weight is 674 g/mol. The second-order valence-corrected chi connectivity index (χ2v) is 20.1. The van der Waals surface area contributed by atoms with Crippen LogP contribution in [0.4, 0.5) is 5.69 Å². The van der Waals surface area contributed by atoms with Crippen LogP contribution >= 0.6 is 0 Å². The zero-order valence-electron chi connectivity index (χ0n) is 30.3. The van der Waals surface area contributed by atoms with Crippen molar-refractivity contribution in [1.82, 2.24) is 29.2 Å². The SMILES string of the molecule is CC[C@H]1CN(C(C)c2ccc3nccnc3c2)[C@H](CC)CN1c1cc(=O)n(CCO[Si](C)(C)C(C)(C)C)c2cn(C3CCCCO3)nc12. The van der Waals surface area contributed by atoms with Crippen LogP contribution in [-0.4, -0.2) is 75.9 Å². The molecule has 0 N–H and O–H groups in total. The predicted molar refractivity (Wildman–Crippen MR) is 196 cm³/mol. The van der Waals surface area contributed by atoms with Crippen molar-refractivity contribution in [3.05, 3.63) is 58.8 Å². The van der Waals surface area contributed by atoms with E-state index in [0.29, 0.717) is 19.2 Å². The third-order valence-electron chi connectivity index (χ3n) is 11.3. The summed E-state index contributed by atoms with van der Waals surface area (Å²) in [7, 11) is -1.96. The number of nitrogens with zero attached hydrogens (tertiary/aromatic N) is 7. The molecule has 0 aliphatic carbocycles. The van der Waals surface area contributed by atoms with E-state index in [0.717, 1.165) is 79.6 Å². The highest BCUT2D eigenvalue weighted by molar-refractivity contribution is 6.74. The molecular weight excluding hydrogens is 619 g/mol. The van der Waals surface area contributed by atoms with Crippen molar-refractivity contribution in [2.45, 2.75) is 123 Å². The quantitative estimate of drug-likeness (QED) is 0.162. The van der Waals surface area contributed by atoms with Crippen LogP contribution in [0.1, 0.15) is 91.5 Å². The number of aromatic nitrogens is 5. The molecule has 260 valence electrons. The second kappa shape index (κ2) is 14.0. The Kier molecular flexibility index (Phi) is 10.1. The van der Waals surface area contributed by atoms with Crippen LogP contribution in [0.15, 0.2) is 47.7 Å². The van der Waals surface area contributed by atoms with E-state index in [2.05, 4.69) is 92.6 Å². The van der Waals surface area contributed by atoms with Crippen LogP contribution in [0.25, 0.3) is 22.1 Å². The molecule has 2 aliphatic heterocycles. The number of pyridine rings is 1. The van der Waals surface area contributed by atoms with Crippen LogP contribution in [0.3, 0.4) is 0 Å². The lowest BCUT2D eigenvalue weighted by Crippen LogP contribution is -2.58. The number of fused-ring (bicyclic) bond motifs is 2. The zero-order valence-corrected chi connectivity index (χ0v) is 31.3. The van der Waals surface area contributed by atoms with E-state index in [9.17, 15) is 4.79 Å². The summed E-state index contributed by atoms with van der Waals surface area (Å²) in [5.41, 5.74) is 5.76. The Labute approximate surface area is 286 Å². The Morgan fingerprint density at radius 3 is 2.46 bits per heavy atom. The van der Waals surface area contributed by atoms with Gasteiger partial charge in [-0.25, -0.2) is 4.68 Å². The van der Waals surface area contributed by atoms with Gasteiger partial charge in [0.05, 0.1) is 35.0 Å². The molecule has 0 radical (unpaired) electrons. The van der Waals surface area contributed by atoms with Gasteiger partial charge in [-0.2, -0.15) is 5.10 Å². The van der Waals surface area contributed by atoms with Gasteiger partial charge in [0.25, 0.3) is 5.56 Å². The van der Waals surface area contributed by atoms with Crippen LogP contribution in [-0.2, 0) is 15.7 Å². The van der Waals surface area contributed by atoms with Gasteiger partial charge < -0.3 is 18.6 Å². The van der Waals surface area contributed by atoms with Crippen molar-refractivity contribution in [1.29, 1.82) is 0 Å². The zero-order chi connectivity index (χ0) is 34.2. The Balaban J connectivity index is 1.34. The highest BCUT2D eigenvalue weighted by atomic mass is 28.4. The van der Waals surface area contributed by atoms with Gasteiger partial charge in [-0.05, 0) is 74.9 Å². The number of rotatable bonds is 10. The van der Waals surface area contributed by atoms with Gasteiger partial charge in [-0.3, -0.25) is 19.7 Å². The first-order valence-corrected chi connectivity index (χ1v) is 20.9. The first kappa shape index (κ1) is 34.7. The van der Waals surface area contributed by atoms with Crippen molar-refractivity contribution >= 4 is 36.1 Å². The number of piperazine rings is 1. The molecule has 1 aromatic carbocycles. The number of ether oxygens (including phenoxy) is 1. The first-order chi connectivity index (χ1) is 22.9. The number of anilines is 1. The Morgan fingerprint density at radius 1 is 1.02 bits per heavy atom. The van der Waals surface area contributed by atoms with Crippen LogP contribution in [0, 0.1) is 0 Å². The standard InChI is InChI=1S/C37H55N7O3Si/c1-9-28-24-43(29(10-2)23-42(28)26(3)27-14-15-30-31(21-27)39-17-16-38-30)32-22-34(45)41(18-20-47-48(7,8)37(4,5)6)33-25-44(40-36(32)33)35-13-11-12-19-46-35/h14-17,21-22,25-26,28-29,35H,9-13,18-20,23-24H2,1-8H3/t26?,28-,29+,35?/m1/s1. The molecule has 2 unspecified atom stereocenters. The third kappa shape index (κ3) is 6.84. The maximum atomic E-state index is 14.0. The minimum absolute atomic E-state index is 0.00332. The van der Waals surface area contributed by atoms with E-state index in [-0.39, 0.29) is 28.9 Å². The van der Waals surface area contributed by atoms with E-state index in [1.807, 2.05) is 21.5 Å². The molecule has 2 aliphatic rings. The summed E-state index contributed by atoms with van der Waals surface area (Å²) in [6.45, 7) is 21.5. The summed E-state index contributed by atoms with van der Waals surface area (Å²) in [6, 6.07) is 9.05. The normalized spacial score (nSPS) is 22.1. The number of hydrogen-bond acceptors (Lipinski definition) is 8. The molecule has 48 heavy (non-hydrogen) atoms. The van der Waals surface area contributed by atoms with Gasteiger partial charge in [0.2, 0.25) is 0 Å². The molecule has 5 heterocycles. The summed E-state index contributed by atoms with van der Waals surface area (Å²) in [5, 5.41) is 5.30. The summed E-state index contributed by atoms with van der Waals surface area (Å²) >= 11 is 0. The smallest absolute Gasteiger partial charge is 0.253 e. The molecule has 10 nitrogen and oxygen atoms in total.